The maximum atomic E-state index is 12.8. The Morgan fingerprint density at radius 1 is 1.16 bits per heavy atom. The molecule has 0 radical (unpaired) electrons. The van der Waals surface area contributed by atoms with Gasteiger partial charge in [0, 0.05) is 11.6 Å². The highest BCUT2D eigenvalue weighted by Crippen LogP contribution is 2.52. The molecular weight excluding hydrogens is 407 g/mol. The summed E-state index contributed by atoms with van der Waals surface area (Å²) in [5, 5.41) is 2.70. The lowest BCUT2D eigenvalue weighted by molar-refractivity contribution is -0.146. The molecule has 0 spiro atoms. The van der Waals surface area contributed by atoms with Crippen LogP contribution in [0.15, 0.2) is 60.7 Å². The minimum atomic E-state index is -4.45. The monoisotopic (exact) mass is 429 g/mol. The van der Waals surface area contributed by atoms with Crippen LogP contribution in [0.4, 0.5) is 18.9 Å². The predicted molar refractivity (Wildman–Crippen MR) is 109 cm³/mol. The standard InChI is InChI=1S/C24H22F3NO3/c1-15-9-19-14-31-22(30)23(19,12-15)13-16-5-7-20(8-6-16)28-21(29)11-17-3-2-4-18(10-17)24(25,26)27/h2-8,10,19H,1,9,11-14H2,(H,28,29). The van der Waals surface area contributed by atoms with Gasteiger partial charge < -0.3 is 10.1 Å². The number of hydrogen-bond donors (Lipinski definition) is 1. The van der Waals surface area contributed by atoms with Crippen LogP contribution in [0.1, 0.15) is 29.5 Å². The van der Waals surface area contributed by atoms with E-state index in [9.17, 15) is 22.8 Å². The van der Waals surface area contributed by atoms with Crippen molar-refractivity contribution < 1.29 is 27.5 Å². The second kappa shape index (κ2) is 7.87. The van der Waals surface area contributed by atoms with Crippen molar-refractivity contribution in [1.82, 2.24) is 0 Å². The van der Waals surface area contributed by atoms with Gasteiger partial charge in [0.15, 0.2) is 0 Å². The number of alkyl halides is 3. The molecule has 1 aliphatic carbocycles. The summed E-state index contributed by atoms with van der Waals surface area (Å²) in [5.74, 6) is -0.425. The summed E-state index contributed by atoms with van der Waals surface area (Å²) in [4.78, 5) is 24.7. The third-order valence-electron chi connectivity index (χ3n) is 6.08. The summed E-state index contributed by atoms with van der Waals surface area (Å²) >= 11 is 0. The molecule has 1 aliphatic heterocycles. The van der Waals surface area contributed by atoms with Crippen molar-refractivity contribution in [2.45, 2.75) is 31.9 Å². The fourth-order valence-electron chi connectivity index (χ4n) is 4.58. The number of ether oxygens (including phenoxy) is 1. The average molecular weight is 429 g/mol. The van der Waals surface area contributed by atoms with E-state index in [0.717, 1.165) is 29.7 Å². The van der Waals surface area contributed by atoms with Crippen LogP contribution in [0.5, 0.6) is 0 Å². The van der Waals surface area contributed by atoms with E-state index < -0.39 is 23.1 Å². The first-order valence-corrected chi connectivity index (χ1v) is 10.0. The zero-order valence-electron chi connectivity index (χ0n) is 16.8. The number of rotatable bonds is 5. The highest BCUT2D eigenvalue weighted by molar-refractivity contribution is 5.92. The average Bonchev–Trinajstić information content (AvgIpc) is 3.17. The van der Waals surface area contributed by atoms with Gasteiger partial charge in [0.1, 0.15) is 0 Å². The number of anilines is 1. The Morgan fingerprint density at radius 3 is 2.61 bits per heavy atom. The molecule has 2 aromatic rings. The quantitative estimate of drug-likeness (QED) is 0.541. The van der Waals surface area contributed by atoms with E-state index in [0.29, 0.717) is 25.1 Å². The zero-order chi connectivity index (χ0) is 22.2. The molecule has 2 aliphatic rings. The number of allylic oxidation sites excluding steroid dienone is 1. The van der Waals surface area contributed by atoms with Gasteiger partial charge in [-0.3, -0.25) is 9.59 Å². The van der Waals surface area contributed by atoms with Crippen LogP contribution in [0.3, 0.4) is 0 Å². The summed E-state index contributed by atoms with van der Waals surface area (Å²) in [5.41, 5.74) is 1.52. The Labute approximate surface area is 178 Å². The Balaban J connectivity index is 1.39. The summed E-state index contributed by atoms with van der Waals surface area (Å²) in [6.45, 7) is 4.47. The Morgan fingerprint density at radius 2 is 1.90 bits per heavy atom. The van der Waals surface area contributed by atoms with Gasteiger partial charge >= 0.3 is 12.1 Å². The number of cyclic esters (lactones) is 1. The SMILES string of the molecule is C=C1CC2COC(=O)C2(Cc2ccc(NC(=O)Cc3cccc(C(F)(F)F)c3)cc2)C1. The van der Waals surface area contributed by atoms with Crippen molar-refractivity contribution in [3.63, 3.8) is 0 Å². The van der Waals surface area contributed by atoms with Gasteiger partial charge in [-0.15, -0.1) is 0 Å². The zero-order valence-corrected chi connectivity index (χ0v) is 16.8. The van der Waals surface area contributed by atoms with E-state index in [1.54, 1.807) is 12.1 Å². The van der Waals surface area contributed by atoms with Crippen LogP contribution in [0.25, 0.3) is 0 Å². The molecule has 1 amide bonds. The fraction of sp³-hybridized carbons (Fsp3) is 0.333. The number of amides is 1. The van der Waals surface area contributed by atoms with Crippen LogP contribution in [-0.2, 0) is 33.3 Å². The van der Waals surface area contributed by atoms with Gasteiger partial charge in [-0.1, -0.05) is 42.5 Å². The van der Waals surface area contributed by atoms with Crippen LogP contribution < -0.4 is 5.32 Å². The van der Waals surface area contributed by atoms with E-state index in [2.05, 4.69) is 11.9 Å². The maximum Gasteiger partial charge on any atom is 0.416 e. The highest BCUT2D eigenvalue weighted by Gasteiger charge is 2.55. The number of carbonyl (C=O) groups excluding carboxylic acids is 2. The molecule has 0 bridgehead atoms. The van der Waals surface area contributed by atoms with Crippen molar-refractivity contribution in [3.8, 4) is 0 Å². The number of hydrogen-bond acceptors (Lipinski definition) is 3. The number of esters is 1. The Kier molecular flexibility index (Phi) is 5.37. The van der Waals surface area contributed by atoms with Crippen molar-refractivity contribution in [2.24, 2.45) is 11.3 Å². The third kappa shape index (κ3) is 4.36. The third-order valence-corrected chi connectivity index (χ3v) is 6.08. The molecular formula is C24H22F3NO3. The summed E-state index contributed by atoms with van der Waals surface area (Å²) in [6.07, 6.45) is -2.63. The van der Waals surface area contributed by atoms with Gasteiger partial charge in [0.2, 0.25) is 5.91 Å². The van der Waals surface area contributed by atoms with E-state index in [4.69, 9.17) is 4.74 Å². The first-order chi connectivity index (χ1) is 14.7. The molecule has 2 fully saturated rings. The first kappa shape index (κ1) is 21.2. The number of carbonyl (C=O) groups is 2. The number of fused-ring (bicyclic) bond motifs is 1. The molecule has 4 nitrogen and oxygen atoms in total. The van der Waals surface area contributed by atoms with E-state index >= 15 is 0 Å². The van der Waals surface area contributed by atoms with Gasteiger partial charge in [-0.25, -0.2) is 0 Å². The predicted octanol–water partition coefficient (Wildman–Crippen LogP) is 4.94. The van der Waals surface area contributed by atoms with Gasteiger partial charge in [-0.05, 0) is 48.6 Å². The molecule has 2 unspecified atom stereocenters. The van der Waals surface area contributed by atoms with Crippen molar-refractivity contribution in [1.29, 1.82) is 0 Å². The van der Waals surface area contributed by atoms with Gasteiger partial charge in [0.25, 0.3) is 0 Å². The molecule has 2 atom stereocenters. The largest absolute Gasteiger partial charge is 0.465 e. The van der Waals surface area contributed by atoms with Crippen molar-refractivity contribution in [3.05, 3.63) is 77.4 Å². The summed E-state index contributed by atoms with van der Waals surface area (Å²) in [6, 6.07) is 11.9. The number of nitrogens with one attached hydrogen (secondary N) is 1. The molecule has 1 saturated heterocycles. The lowest BCUT2D eigenvalue weighted by Gasteiger charge is -2.24. The first-order valence-electron chi connectivity index (χ1n) is 10.0. The van der Waals surface area contributed by atoms with E-state index in [1.807, 2.05) is 12.1 Å². The molecule has 162 valence electrons. The molecule has 4 rings (SSSR count). The second-order valence-electron chi connectivity index (χ2n) is 8.38. The number of halogens is 3. The Bertz CT molecular complexity index is 1030. The minimum absolute atomic E-state index is 0.152. The van der Waals surface area contributed by atoms with Crippen molar-refractivity contribution in [2.75, 3.05) is 11.9 Å². The summed E-state index contributed by atoms with van der Waals surface area (Å²) < 4.78 is 43.8. The number of benzene rings is 2. The maximum absolute atomic E-state index is 12.8. The van der Waals surface area contributed by atoms with Crippen LogP contribution >= 0.6 is 0 Å². The smallest absolute Gasteiger partial charge is 0.416 e. The molecule has 1 heterocycles. The van der Waals surface area contributed by atoms with E-state index in [-0.39, 0.29) is 23.9 Å². The molecule has 31 heavy (non-hydrogen) atoms. The van der Waals surface area contributed by atoms with Crippen LogP contribution in [-0.4, -0.2) is 18.5 Å². The topological polar surface area (TPSA) is 55.4 Å². The highest BCUT2D eigenvalue weighted by atomic mass is 19.4. The van der Waals surface area contributed by atoms with Gasteiger partial charge in [0.05, 0.1) is 24.0 Å². The van der Waals surface area contributed by atoms with Gasteiger partial charge in [-0.2, -0.15) is 13.2 Å². The molecule has 1 N–H and O–H groups in total. The van der Waals surface area contributed by atoms with Crippen LogP contribution in [0.2, 0.25) is 0 Å². The molecule has 0 aromatic heterocycles. The van der Waals surface area contributed by atoms with Crippen molar-refractivity contribution >= 4 is 17.6 Å². The minimum Gasteiger partial charge on any atom is -0.465 e. The summed E-state index contributed by atoms with van der Waals surface area (Å²) in [7, 11) is 0. The molecule has 1 saturated carbocycles. The normalized spacial score (nSPS) is 22.9. The van der Waals surface area contributed by atoms with Crippen LogP contribution in [0, 0.1) is 11.3 Å². The second-order valence-corrected chi connectivity index (χ2v) is 8.38. The fourth-order valence-corrected chi connectivity index (χ4v) is 4.58. The lowest BCUT2D eigenvalue weighted by atomic mass is 9.75. The molecule has 7 heteroatoms. The lowest BCUT2D eigenvalue weighted by Crippen LogP contribution is -2.31. The van der Waals surface area contributed by atoms with E-state index in [1.165, 1.54) is 12.1 Å². The Hall–Kier alpha value is -3.09. The molecule has 2 aromatic carbocycles.